The van der Waals surface area contributed by atoms with Crippen LogP contribution in [0.1, 0.15) is 55.4 Å². The van der Waals surface area contributed by atoms with Crippen molar-refractivity contribution in [1.29, 1.82) is 0 Å². The predicted octanol–water partition coefficient (Wildman–Crippen LogP) is -1.77. The van der Waals surface area contributed by atoms with Crippen molar-refractivity contribution in [2.24, 2.45) is 10.8 Å². The van der Waals surface area contributed by atoms with Crippen LogP contribution in [0.3, 0.4) is 0 Å². The third-order valence-electron chi connectivity index (χ3n) is 3.20. The Morgan fingerprint density at radius 1 is 1.10 bits per heavy atom. The van der Waals surface area contributed by atoms with Crippen molar-refractivity contribution in [3.8, 4) is 0 Å². The Morgan fingerprint density at radius 2 is 1.40 bits per heavy atom. The van der Waals surface area contributed by atoms with Gasteiger partial charge < -0.3 is 29.9 Å². The van der Waals surface area contributed by atoms with Gasteiger partial charge in [0.2, 0.25) is 0 Å². The summed E-state index contributed by atoms with van der Waals surface area (Å²) in [4.78, 5) is 10.0. The van der Waals surface area contributed by atoms with Gasteiger partial charge in [-0.2, -0.15) is 11.1 Å². The Balaban J connectivity index is -0.000000117. The van der Waals surface area contributed by atoms with Gasteiger partial charge in [-0.1, -0.05) is 33.1 Å². The van der Waals surface area contributed by atoms with E-state index in [2.05, 4.69) is 40.7 Å². The third-order valence-corrected chi connectivity index (χ3v) is 3.20. The second-order valence-corrected chi connectivity index (χ2v) is 6.18. The van der Waals surface area contributed by atoms with Gasteiger partial charge in [-0.3, -0.25) is 10.9 Å². The van der Waals surface area contributed by atoms with Crippen LogP contribution >= 0.6 is 0 Å². The minimum Gasteiger partial charge on any atom is -1.00 e. The summed E-state index contributed by atoms with van der Waals surface area (Å²) in [6.45, 7) is 15.9. The summed E-state index contributed by atoms with van der Waals surface area (Å²) in [5.41, 5.74) is 3.81. The molecule has 0 amide bonds. The van der Waals surface area contributed by atoms with Gasteiger partial charge in [0.25, 0.3) is 0 Å². The number of carboxylic acids is 1. The molecule has 0 aromatic carbocycles. The number of halogens is 2. The van der Waals surface area contributed by atoms with Crippen LogP contribution in [-0.4, -0.2) is 11.1 Å². The standard InChI is InChI=1S/C10H15.C5H10O2.2ClH.Ti/c1-7-6-10(4,5)9(3)8(7)2;1-5(2,3)4(6)7;;;/h1-5H3;1-3H3,(H,6,7);2*1H;/q-1;;;;+3/p-2. The summed E-state index contributed by atoms with van der Waals surface area (Å²) >= 11 is 0. The first-order valence-corrected chi connectivity index (χ1v) is 5.93. The van der Waals surface area contributed by atoms with Crippen molar-refractivity contribution in [2.45, 2.75) is 55.4 Å². The molecule has 0 aromatic rings. The normalized spacial score (nSPS) is 15.7. The van der Waals surface area contributed by atoms with E-state index >= 15 is 0 Å². The minimum absolute atomic E-state index is 0. The Kier molecular flexibility index (Phi) is 14.3. The van der Waals surface area contributed by atoms with E-state index in [0.717, 1.165) is 0 Å². The molecule has 0 aliphatic heterocycles. The molecule has 0 heterocycles. The summed E-state index contributed by atoms with van der Waals surface area (Å²) in [7, 11) is 0. The summed E-state index contributed by atoms with van der Waals surface area (Å²) in [6, 6.07) is 0. The molecule has 0 fully saturated rings. The minimum atomic E-state index is -0.757. The van der Waals surface area contributed by atoms with Crippen molar-refractivity contribution in [2.75, 3.05) is 0 Å². The zero-order valence-corrected chi connectivity index (χ0v) is 16.7. The number of hydrogen-bond acceptors (Lipinski definition) is 1. The number of allylic oxidation sites excluding steroid dienone is 4. The molecule has 20 heavy (non-hydrogen) atoms. The Morgan fingerprint density at radius 3 is 1.45 bits per heavy atom. The van der Waals surface area contributed by atoms with Gasteiger partial charge in [-0.15, -0.1) is 6.92 Å². The Hall–Kier alpha value is 0.244. The third kappa shape index (κ3) is 8.51. The fraction of sp³-hybridized carbons (Fsp3) is 0.667. The van der Waals surface area contributed by atoms with Crippen LogP contribution in [0.15, 0.2) is 16.7 Å². The molecule has 0 aromatic heterocycles. The molecular formula is C15H25Cl2O2Ti. The number of rotatable bonds is 0. The quantitative estimate of drug-likeness (QED) is 0.412. The summed E-state index contributed by atoms with van der Waals surface area (Å²) in [5, 5.41) is 8.25. The first-order valence-electron chi connectivity index (χ1n) is 5.93. The van der Waals surface area contributed by atoms with E-state index in [0.29, 0.717) is 0 Å². The molecule has 0 bridgehead atoms. The van der Waals surface area contributed by atoms with Gasteiger partial charge in [0, 0.05) is 0 Å². The first-order chi connectivity index (χ1) is 7.39. The van der Waals surface area contributed by atoms with E-state index < -0.39 is 11.4 Å². The molecule has 1 aliphatic carbocycles. The molecule has 1 radical (unpaired) electrons. The average Bonchev–Trinajstić information content (AvgIpc) is 2.29. The summed E-state index contributed by atoms with van der Waals surface area (Å²) in [6.07, 6.45) is 3.44. The van der Waals surface area contributed by atoms with Gasteiger partial charge in [-0.05, 0) is 20.8 Å². The molecule has 2 nitrogen and oxygen atoms in total. The summed E-state index contributed by atoms with van der Waals surface area (Å²) in [5.74, 6) is -0.757. The molecule has 1 rings (SSSR count). The van der Waals surface area contributed by atoms with Crippen molar-refractivity contribution in [3.05, 3.63) is 22.8 Å². The number of hydrogen-bond donors (Lipinski definition) is 1. The van der Waals surface area contributed by atoms with Crippen molar-refractivity contribution in [1.82, 2.24) is 0 Å². The monoisotopic (exact) mass is 355 g/mol. The maximum absolute atomic E-state index is 10.0. The Bertz CT molecular complexity index is 378. The van der Waals surface area contributed by atoms with Crippen molar-refractivity contribution in [3.63, 3.8) is 0 Å². The predicted molar refractivity (Wildman–Crippen MR) is 71.7 cm³/mol. The van der Waals surface area contributed by atoms with Gasteiger partial charge >= 0.3 is 27.7 Å². The van der Waals surface area contributed by atoms with Crippen molar-refractivity contribution < 1.29 is 56.4 Å². The molecule has 115 valence electrons. The molecule has 0 unspecified atom stereocenters. The van der Waals surface area contributed by atoms with E-state index in [9.17, 15) is 4.79 Å². The van der Waals surface area contributed by atoms with E-state index in [1.807, 2.05) is 0 Å². The maximum Gasteiger partial charge on any atom is 3.00 e. The van der Waals surface area contributed by atoms with Crippen LogP contribution in [0.5, 0.6) is 0 Å². The maximum atomic E-state index is 10.0. The van der Waals surface area contributed by atoms with E-state index in [1.54, 1.807) is 20.8 Å². The van der Waals surface area contributed by atoms with Crippen LogP contribution in [0.4, 0.5) is 0 Å². The van der Waals surface area contributed by atoms with Gasteiger partial charge in [0.1, 0.15) is 0 Å². The molecule has 0 atom stereocenters. The van der Waals surface area contributed by atoms with Crippen LogP contribution < -0.4 is 24.8 Å². The van der Waals surface area contributed by atoms with E-state index in [1.165, 1.54) is 16.7 Å². The fourth-order valence-electron chi connectivity index (χ4n) is 1.41. The van der Waals surface area contributed by atoms with Crippen LogP contribution in [0, 0.1) is 16.9 Å². The molecular weight excluding hydrogens is 331 g/mol. The van der Waals surface area contributed by atoms with Crippen LogP contribution in [-0.2, 0) is 26.5 Å². The van der Waals surface area contributed by atoms with Gasteiger partial charge in [0.05, 0.1) is 5.41 Å². The number of carbonyl (C=O) groups is 1. The number of carboxylic acid groups (broad SMARTS) is 1. The molecule has 5 heteroatoms. The Labute approximate surface area is 151 Å². The molecule has 1 aliphatic rings. The van der Waals surface area contributed by atoms with Crippen molar-refractivity contribution >= 4 is 5.97 Å². The van der Waals surface area contributed by atoms with E-state index in [4.69, 9.17) is 5.11 Å². The average molecular weight is 356 g/mol. The van der Waals surface area contributed by atoms with Gasteiger partial charge in [-0.25, -0.2) is 5.57 Å². The van der Waals surface area contributed by atoms with Crippen LogP contribution in [0.25, 0.3) is 0 Å². The molecule has 0 saturated heterocycles. The zero-order chi connectivity index (χ0) is 14.0. The second-order valence-electron chi connectivity index (χ2n) is 6.18. The van der Waals surface area contributed by atoms with E-state index in [-0.39, 0.29) is 51.9 Å². The van der Waals surface area contributed by atoms with Gasteiger partial charge in [0.15, 0.2) is 0 Å². The number of aliphatic carboxylic acids is 1. The summed E-state index contributed by atoms with van der Waals surface area (Å²) < 4.78 is 0. The smallest absolute Gasteiger partial charge is 1.00 e. The van der Waals surface area contributed by atoms with Crippen LogP contribution in [0.2, 0.25) is 0 Å². The largest absolute Gasteiger partial charge is 3.00 e. The second kappa shape index (κ2) is 10.1. The topological polar surface area (TPSA) is 37.3 Å². The molecule has 0 saturated carbocycles. The SMILES string of the molecule is CC(C)(C)C(=O)O.CC1=[C-]C(C)(C)C(C)=C1C.[Cl-].[Cl-].[Ti+3]. The zero-order valence-electron chi connectivity index (χ0n) is 13.6. The first kappa shape index (κ1) is 28.4. The molecule has 1 N–H and O–H groups in total. The fourth-order valence-corrected chi connectivity index (χ4v) is 1.41. The molecule has 0 spiro atoms.